The highest BCUT2D eigenvalue weighted by molar-refractivity contribution is 7.15. The molecule has 1 nitrogen and oxygen atoms in total. The first-order valence-electron chi connectivity index (χ1n) is 3.50. The summed E-state index contributed by atoms with van der Waals surface area (Å²) in [5.41, 5.74) is 1.25. The predicted molar refractivity (Wildman–Crippen MR) is 43.8 cm³/mol. The van der Waals surface area contributed by atoms with Gasteiger partial charge in [-0.15, -0.1) is 11.3 Å². The van der Waals surface area contributed by atoms with Gasteiger partial charge in [0, 0.05) is 4.88 Å². The number of aromatic nitrogens is 1. The molecule has 1 aromatic rings. The average Bonchev–Trinajstić information content (AvgIpc) is 2.27. The summed E-state index contributed by atoms with van der Waals surface area (Å²) in [6.07, 6.45) is 4.93. The van der Waals surface area contributed by atoms with Crippen molar-refractivity contribution >= 4 is 22.9 Å². The topological polar surface area (TPSA) is 12.9 Å². The molecule has 1 aliphatic carbocycles. The summed E-state index contributed by atoms with van der Waals surface area (Å²) in [6.45, 7) is 0. The van der Waals surface area contributed by atoms with Crippen molar-refractivity contribution in [3.8, 4) is 0 Å². The number of aryl methyl sites for hydroxylation is 2. The monoisotopic (exact) mass is 173 g/mol. The minimum Gasteiger partial charge on any atom is -0.230 e. The predicted octanol–water partition coefficient (Wildman–Crippen LogP) is 2.68. The second kappa shape index (κ2) is 2.51. The summed E-state index contributed by atoms with van der Waals surface area (Å²) >= 11 is 7.40. The third kappa shape index (κ3) is 1.06. The van der Waals surface area contributed by atoms with Crippen molar-refractivity contribution in [2.75, 3.05) is 0 Å². The first-order valence-corrected chi connectivity index (χ1v) is 4.70. The number of hydrogen-bond acceptors (Lipinski definition) is 2. The summed E-state index contributed by atoms with van der Waals surface area (Å²) in [6, 6.07) is 0. The van der Waals surface area contributed by atoms with Crippen molar-refractivity contribution in [2.24, 2.45) is 0 Å². The Labute approximate surface area is 69.0 Å². The maximum absolute atomic E-state index is 5.76. The van der Waals surface area contributed by atoms with Crippen LogP contribution >= 0.6 is 22.9 Å². The van der Waals surface area contributed by atoms with Crippen LogP contribution in [0.1, 0.15) is 23.4 Å². The van der Waals surface area contributed by atoms with Gasteiger partial charge in [0.2, 0.25) is 0 Å². The number of nitrogens with zero attached hydrogens (tertiary/aromatic N) is 1. The molecule has 0 N–H and O–H groups in total. The van der Waals surface area contributed by atoms with Gasteiger partial charge in [-0.1, -0.05) is 11.6 Å². The summed E-state index contributed by atoms with van der Waals surface area (Å²) in [5, 5.41) is 0. The van der Waals surface area contributed by atoms with Crippen LogP contribution < -0.4 is 0 Å². The molecule has 3 heteroatoms. The smallest absolute Gasteiger partial charge is 0.184 e. The molecule has 0 saturated carbocycles. The number of halogens is 1. The van der Waals surface area contributed by atoms with E-state index in [2.05, 4.69) is 4.98 Å². The molecule has 10 heavy (non-hydrogen) atoms. The van der Waals surface area contributed by atoms with Crippen LogP contribution in [0.5, 0.6) is 0 Å². The second-order valence-electron chi connectivity index (χ2n) is 2.54. The molecule has 0 atom stereocenters. The van der Waals surface area contributed by atoms with Gasteiger partial charge in [0.1, 0.15) is 0 Å². The van der Waals surface area contributed by atoms with E-state index in [9.17, 15) is 0 Å². The minimum atomic E-state index is 0.715. The van der Waals surface area contributed by atoms with E-state index in [4.69, 9.17) is 11.6 Å². The van der Waals surface area contributed by atoms with Gasteiger partial charge < -0.3 is 0 Å². The van der Waals surface area contributed by atoms with Crippen LogP contribution in [0.25, 0.3) is 0 Å². The molecule has 0 radical (unpaired) electrons. The zero-order valence-electron chi connectivity index (χ0n) is 5.56. The molecule has 0 bridgehead atoms. The van der Waals surface area contributed by atoms with Gasteiger partial charge in [0.25, 0.3) is 0 Å². The third-order valence-electron chi connectivity index (χ3n) is 1.82. The highest BCUT2D eigenvalue weighted by Gasteiger charge is 2.13. The fourth-order valence-electron chi connectivity index (χ4n) is 1.32. The van der Waals surface area contributed by atoms with Gasteiger partial charge >= 0.3 is 0 Å². The summed E-state index contributed by atoms with van der Waals surface area (Å²) in [7, 11) is 0. The first kappa shape index (κ1) is 6.62. The Bertz CT molecular complexity index is 220. The maximum atomic E-state index is 5.76. The molecule has 0 saturated heterocycles. The van der Waals surface area contributed by atoms with E-state index in [1.54, 1.807) is 11.3 Å². The van der Waals surface area contributed by atoms with Gasteiger partial charge in [-0.25, -0.2) is 4.98 Å². The van der Waals surface area contributed by atoms with Gasteiger partial charge in [-0.05, 0) is 25.7 Å². The maximum Gasteiger partial charge on any atom is 0.184 e. The number of rotatable bonds is 0. The van der Waals surface area contributed by atoms with E-state index in [0.717, 1.165) is 6.42 Å². The summed E-state index contributed by atoms with van der Waals surface area (Å²) in [5.74, 6) is 0. The zero-order valence-corrected chi connectivity index (χ0v) is 7.13. The van der Waals surface area contributed by atoms with Crippen LogP contribution in [0.2, 0.25) is 4.47 Å². The molecule has 2 rings (SSSR count). The van der Waals surface area contributed by atoms with Crippen LogP contribution in [-0.4, -0.2) is 4.98 Å². The Morgan fingerprint density at radius 3 is 2.90 bits per heavy atom. The Hall–Kier alpha value is -0.0800. The van der Waals surface area contributed by atoms with E-state index in [-0.39, 0.29) is 0 Å². The highest BCUT2D eigenvalue weighted by atomic mass is 35.5. The van der Waals surface area contributed by atoms with Crippen LogP contribution in [0, 0.1) is 0 Å². The van der Waals surface area contributed by atoms with Crippen LogP contribution in [0.4, 0.5) is 0 Å². The van der Waals surface area contributed by atoms with E-state index in [1.807, 2.05) is 0 Å². The normalized spacial score (nSPS) is 16.9. The largest absolute Gasteiger partial charge is 0.230 e. The number of thiazole rings is 1. The SMILES string of the molecule is Clc1nc2c(s1)CCCC2. The molecule has 0 amide bonds. The number of fused-ring (bicyclic) bond motifs is 1. The lowest BCUT2D eigenvalue weighted by Crippen LogP contribution is -1.98. The van der Waals surface area contributed by atoms with Crippen molar-refractivity contribution in [2.45, 2.75) is 25.7 Å². The molecule has 0 unspecified atom stereocenters. The molecule has 0 aliphatic heterocycles. The lowest BCUT2D eigenvalue weighted by molar-refractivity contribution is 0.682. The van der Waals surface area contributed by atoms with Crippen LogP contribution in [0.3, 0.4) is 0 Å². The molecule has 0 spiro atoms. The molecular formula is C7H8ClNS. The van der Waals surface area contributed by atoms with Crippen LogP contribution in [-0.2, 0) is 12.8 Å². The van der Waals surface area contributed by atoms with Gasteiger partial charge in [-0.3, -0.25) is 0 Å². The molecular weight excluding hydrogens is 166 g/mol. The molecule has 0 aromatic carbocycles. The van der Waals surface area contributed by atoms with Crippen LogP contribution in [0.15, 0.2) is 0 Å². The van der Waals surface area contributed by atoms with Crippen molar-refractivity contribution in [3.05, 3.63) is 15.0 Å². The fraction of sp³-hybridized carbons (Fsp3) is 0.571. The van der Waals surface area contributed by atoms with Crippen molar-refractivity contribution in [1.82, 2.24) is 4.98 Å². The molecule has 54 valence electrons. The Kier molecular flexibility index (Phi) is 1.66. The standard InChI is InChI=1S/C7H8ClNS/c8-7-9-5-3-1-2-4-6(5)10-7/h1-4H2. The summed E-state index contributed by atoms with van der Waals surface area (Å²) in [4.78, 5) is 5.65. The van der Waals surface area contributed by atoms with Gasteiger partial charge in [0.05, 0.1) is 5.69 Å². The van der Waals surface area contributed by atoms with Crippen molar-refractivity contribution in [3.63, 3.8) is 0 Å². The Morgan fingerprint density at radius 1 is 1.30 bits per heavy atom. The second-order valence-corrected chi connectivity index (χ2v) is 4.21. The lowest BCUT2D eigenvalue weighted by Gasteiger charge is -2.06. The quantitative estimate of drug-likeness (QED) is 0.588. The van der Waals surface area contributed by atoms with Gasteiger partial charge in [0.15, 0.2) is 4.47 Å². The molecule has 1 aliphatic rings. The Morgan fingerprint density at radius 2 is 2.10 bits per heavy atom. The van der Waals surface area contributed by atoms with E-state index < -0.39 is 0 Å². The van der Waals surface area contributed by atoms with E-state index in [0.29, 0.717) is 4.47 Å². The number of hydrogen-bond donors (Lipinski definition) is 0. The fourth-order valence-corrected chi connectivity index (χ4v) is 2.57. The highest BCUT2D eigenvalue weighted by Crippen LogP contribution is 2.28. The third-order valence-corrected chi connectivity index (χ3v) is 3.08. The van der Waals surface area contributed by atoms with Gasteiger partial charge in [-0.2, -0.15) is 0 Å². The van der Waals surface area contributed by atoms with E-state index >= 15 is 0 Å². The molecule has 1 aromatic heterocycles. The molecule has 0 fully saturated rings. The average molecular weight is 174 g/mol. The van der Waals surface area contributed by atoms with Crippen molar-refractivity contribution < 1.29 is 0 Å². The Balaban J connectivity index is 2.41. The summed E-state index contributed by atoms with van der Waals surface area (Å²) < 4.78 is 0.715. The minimum absolute atomic E-state index is 0.715. The lowest BCUT2D eigenvalue weighted by atomic mass is 10.0. The first-order chi connectivity index (χ1) is 4.86. The zero-order chi connectivity index (χ0) is 6.97. The molecule has 1 heterocycles. The van der Waals surface area contributed by atoms with Crippen molar-refractivity contribution in [1.29, 1.82) is 0 Å². The van der Waals surface area contributed by atoms with E-state index in [1.165, 1.54) is 29.8 Å².